The fraction of sp³-hybridized carbons (Fsp3) is 0.846. The molecule has 0 unspecified atom stereocenters. The van der Waals surface area contributed by atoms with Crippen molar-refractivity contribution in [3.8, 4) is 0 Å². The average Bonchev–Trinajstić information content (AvgIpc) is 2.30. The minimum absolute atomic E-state index is 0.00161. The van der Waals surface area contributed by atoms with E-state index in [0.29, 0.717) is 6.42 Å². The second kappa shape index (κ2) is 10.3. The standard InChI is InChI=1S/C13H25NO3/c1-2-3-4-5-6-7-8-12(15)11(14)9-10-13(16)17/h11H,2-10,14H2,1H3,(H,16,17)/t11-/m0/s1. The predicted octanol–water partition coefficient (Wildman–Crippen LogP) is 2.50. The highest BCUT2D eigenvalue weighted by Crippen LogP contribution is 2.09. The van der Waals surface area contributed by atoms with E-state index >= 15 is 0 Å². The van der Waals surface area contributed by atoms with Crippen LogP contribution in [0.1, 0.15) is 64.7 Å². The van der Waals surface area contributed by atoms with Gasteiger partial charge in [-0.1, -0.05) is 39.0 Å². The van der Waals surface area contributed by atoms with Crippen molar-refractivity contribution >= 4 is 11.8 Å². The van der Waals surface area contributed by atoms with Gasteiger partial charge in [0, 0.05) is 12.8 Å². The van der Waals surface area contributed by atoms with Crippen LogP contribution in [0.5, 0.6) is 0 Å². The van der Waals surface area contributed by atoms with Gasteiger partial charge in [0.15, 0.2) is 0 Å². The molecule has 17 heavy (non-hydrogen) atoms. The molecule has 0 bridgehead atoms. The minimum Gasteiger partial charge on any atom is -0.481 e. The fourth-order valence-corrected chi connectivity index (χ4v) is 1.70. The third-order valence-corrected chi connectivity index (χ3v) is 2.86. The van der Waals surface area contributed by atoms with Crippen LogP contribution in [0.15, 0.2) is 0 Å². The summed E-state index contributed by atoms with van der Waals surface area (Å²) in [5.41, 5.74) is 5.62. The number of nitrogens with two attached hydrogens (primary N) is 1. The quantitative estimate of drug-likeness (QED) is 0.546. The van der Waals surface area contributed by atoms with Gasteiger partial charge in [-0.25, -0.2) is 0 Å². The molecule has 0 rings (SSSR count). The number of carboxylic acid groups (broad SMARTS) is 1. The third-order valence-electron chi connectivity index (χ3n) is 2.86. The van der Waals surface area contributed by atoms with Gasteiger partial charge in [-0.15, -0.1) is 0 Å². The van der Waals surface area contributed by atoms with Crippen LogP contribution < -0.4 is 5.73 Å². The van der Waals surface area contributed by atoms with Gasteiger partial charge in [-0.3, -0.25) is 9.59 Å². The molecule has 0 amide bonds. The lowest BCUT2D eigenvalue weighted by atomic mass is 10.0. The Morgan fingerprint density at radius 1 is 1.06 bits per heavy atom. The van der Waals surface area contributed by atoms with E-state index in [1.165, 1.54) is 25.7 Å². The monoisotopic (exact) mass is 243 g/mol. The van der Waals surface area contributed by atoms with Crippen LogP contribution in [0.2, 0.25) is 0 Å². The SMILES string of the molecule is CCCCCCCCC(=O)[C@@H](N)CCC(=O)O. The summed E-state index contributed by atoms with van der Waals surface area (Å²) < 4.78 is 0. The van der Waals surface area contributed by atoms with Gasteiger partial charge in [0.1, 0.15) is 5.78 Å². The number of carbonyl (C=O) groups is 2. The van der Waals surface area contributed by atoms with Crippen molar-refractivity contribution in [1.82, 2.24) is 0 Å². The van der Waals surface area contributed by atoms with Gasteiger partial charge in [0.05, 0.1) is 6.04 Å². The highest BCUT2D eigenvalue weighted by Gasteiger charge is 2.13. The van der Waals surface area contributed by atoms with Crippen molar-refractivity contribution in [2.75, 3.05) is 0 Å². The summed E-state index contributed by atoms with van der Waals surface area (Å²) >= 11 is 0. The lowest BCUT2D eigenvalue weighted by molar-refractivity contribution is -0.137. The van der Waals surface area contributed by atoms with Crippen molar-refractivity contribution in [3.05, 3.63) is 0 Å². The number of hydrogen-bond donors (Lipinski definition) is 2. The number of carbonyl (C=O) groups excluding carboxylic acids is 1. The van der Waals surface area contributed by atoms with E-state index in [1.807, 2.05) is 0 Å². The third kappa shape index (κ3) is 10.00. The molecule has 0 radical (unpaired) electrons. The van der Waals surface area contributed by atoms with E-state index < -0.39 is 12.0 Å². The molecule has 0 aromatic rings. The van der Waals surface area contributed by atoms with Crippen molar-refractivity contribution < 1.29 is 14.7 Å². The molecule has 0 aliphatic heterocycles. The normalized spacial score (nSPS) is 12.4. The molecular formula is C13H25NO3. The molecule has 0 aromatic carbocycles. The summed E-state index contributed by atoms with van der Waals surface area (Å²) in [6.07, 6.45) is 7.55. The zero-order chi connectivity index (χ0) is 13.1. The highest BCUT2D eigenvalue weighted by molar-refractivity contribution is 5.84. The Morgan fingerprint density at radius 3 is 2.24 bits per heavy atom. The lowest BCUT2D eigenvalue weighted by Gasteiger charge is -2.08. The van der Waals surface area contributed by atoms with Gasteiger partial charge >= 0.3 is 5.97 Å². The van der Waals surface area contributed by atoms with E-state index in [2.05, 4.69) is 6.92 Å². The Bertz CT molecular complexity index is 229. The van der Waals surface area contributed by atoms with Crippen LogP contribution in [0.25, 0.3) is 0 Å². The number of aliphatic carboxylic acids is 1. The Morgan fingerprint density at radius 2 is 1.65 bits per heavy atom. The van der Waals surface area contributed by atoms with Gasteiger partial charge < -0.3 is 10.8 Å². The number of Topliss-reactive ketones (excluding diaryl/α,β-unsaturated/α-hetero) is 1. The van der Waals surface area contributed by atoms with E-state index in [9.17, 15) is 9.59 Å². The lowest BCUT2D eigenvalue weighted by Crippen LogP contribution is -2.30. The summed E-state index contributed by atoms with van der Waals surface area (Å²) in [6, 6.07) is -0.596. The van der Waals surface area contributed by atoms with Crippen LogP contribution >= 0.6 is 0 Å². The Balaban J connectivity index is 3.47. The topological polar surface area (TPSA) is 80.4 Å². The molecule has 3 N–H and O–H groups in total. The molecule has 0 spiro atoms. The average molecular weight is 243 g/mol. The summed E-state index contributed by atoms with van der Waals surface area (Å²) in [4.78, 5) is 21.8. The van der Waals surface area contributed by atoms with Crippen LogP contribution in [0.3, 0.4) is 0 Å². The first-order valence-electron chi connectivity index (χ1n) is 6.58. The molecule has 1 atom stereocenters. The molecular weight excluding hydrogens is 218 g/mol. The molecule has 0 aliphatic carbocycles. The molecule has 4 nitrogen and oxygen atoms in total. The Hall–Kier alpha value is -0.900. The number of unbranched alkanes of at least 4 members (excludes halogenated alkanes) is 5. The minimum atomic E-state index is -0.896. The maximum Gasteiger partial charge on any atom is 0.303 e. The number of hydrogen-bond acceptors (Lipinski definition) is 3. The largest absolute Gasteiger partial charge is 0.481 e. The summed E-state index contributed by atoms with van der Waals surface area (Å²) in [5.74, 6) is -0.894. The first kappa shape index (κ1) is 16.1. The van der Waals surface area contributed by atoms with Crippen molar-refractivity contribution in [3.63, 3.8) is 0 Å². The van der Waals surface area contributed by atoms with Crippen molar-refractivity contribution in [1.29, 1.82) is 0 Å². The highest BCUT2D eigenvalue weighted by atomic mass is 16.4. The molecule has 0 aromatic heterocycles. The van der Waals surface area contributed by atoms with Crippen LogP contribution in [0, 0.1) is 0 Å². The van der Waals surface area contributed by atoms with Crippen LogP contribution in [-0.2, 0) is 9.59 Å². The van der Waals surface area contributed by atoms with Crippen LogP contribution in [0.4, 0.5) is 0 Å². The van der Waals surface area contributed by atoms with E-state index in [4.69, 9.17) is 10.8 Å². The van der Waals surface area contributed by atoms with Gasteiger partial charge in [-0.05, 0) is 12.8 Å². The maximum absolute atomic E-state index is 11.5. The number of carboxylic acids is 1. The molecule has 4 heteroatoms. The maximum atomic E-state index is 11.5. The molecule has 100 valence electrons. The van der Waals surface area contributed by atoms with Crippen molar-refractivity contribution in [2.45, 2.75) is 70.8 Å². The first-order valence-corrected chi connectivity index (χ1v) is 6.58. The first-order chi connectivity index (χ1) is 8.07. The second-order valence-corrected chi connectivity index (χ2v) is 4.52. The van der Waals surface area contributed by atoms with E-state index in [-0.39, 0.29) is 18.6 Å². The van der Waals surface area contributed by atoms with E-state index in [0.717, 1.165) is 12.8 Å². The van der Waals surface area contributed by atoms with Crippen LogP contribution in [-0.4, -0.2) is 22.9 Å². The molecule has 0 saturated heterocycles. The molecule has 0 fully saturated rings. The number of ketones is 1. The zero-order valence-corrected chi connectivity index (χ0v) is 10.8. The van der Waals surface area contributed by atoms with E-state index in [1.54, 1.807) is 0 Å². The predicted molar refractivity (Wildman–Crippen MR) is 67.8 cm³/mol. The smallest absolute Gasteiger partial charge is 0.303 e. The zero-order valence-electron chi connectivity index (χ0n) is 10.8. The van der Waals surface area contributed by atoms with Crippen molar-refractivity contribution in [2.24, 2.45) is 5.73 Å². The summed E-state index contributed by atoms with van der Waals surface area (Å²) in [5, 5.41) is 8.47. The molecule has 0 aliphatic rings. The Kier molecular flexibility index (Phi) is 9.72. The van der Waals surface area contributed by atoms with Gasteiger partial charge in [0.2, 0.25) is 0 Å². The van der Waals surface area contributed by atoms with Gasteiger partial charge in [-0.2, -0.15) is 0 Å². The summed E-state index contributed by atoms with van der Waals surface area (Å²) in [6.45, 7) is 2.17. The Labute approximate surface area is 104 Å². The molecule has 0 heterocycles. The summed E-state index contributed by atoms with van der Waals surface area (Å²) in [7, 11) is 0. The van der Waals surface area contributed by atoms with Gasteiger partial charge in [0.25, 0.3) is 0 Å². The second-order valence-electron chi connectivity index (χ2n) is 4.52. The number of rotatable bonds is 11. The fourth-order valence-electron chi connectivity index (χ4n) is 1.70. The molecule has 0 saturated carbocycles.